The average Bonchev–Trinajstić information content (AvgIpc) is 2.78. The number of amides is 2. The number of sulfonamides is 1. The molecule has 2 amide bonds. The van der Waals surface area contributed by atoms with Crippen LogP contribution in [0.1, 0.15) is 15.9 Å². The fraction of sp³-hybridized carbons (Fsp3) is 0.167. The summed E-state index contributed by atoms with van der Waals surface area (Å²) in [5.41, 5.74) is 2.07. The van der Waals surface area contributed by atoms with Gasteiger partial charge in [-0.1, -0.05) is 64.5 Å². The summed E-state index contributed by atoms with van der Waals surface area (Å²) in [6, 6.07) is 23.1. The van der Waals surface area contributed by atoms with Crippen LogP contribution in [0.3, 0.4) is 0 Å². The van der Waals surface area contributed by atoms with E-state index in [-0.39, 0.29) is 5.91 Å². The van der Waals surface area contributed by atoms with Crippen LogP contribution in [0, 0.1) is 0 Å². The molecule has 0 saturated heterocycles. The molecular weight excluding hydrogens is 506 g/mol. The van der Waals surface area contributed by atoms with E-state index in [1.165, 1.54) is 0 Å². The van der Waals surface area contributed by atoms with Crippen molar-refractivity contribution in [2.75, 3.05) is 29.0 Å². The molecule has 0 radical (unpaired) electrons. The first kappa shape index (κ1) is 24.5. The van der Waals surface area contributed by atoms with Crippen LogP contribution < -0.4 is 14.9 Å². The fourth-order valence-corrected chi connectivity index (χ4v) is 4.44. The number of carbonyl (C=O) groups is 2. The maximum absolute atomic E-state index is 12.7. The van der Waals surface area contributed by atoms with Crippen LogP contribution in [0.5, 0.6) is 0 Å². The molecule has 0 fully saturated rings. The molecule has 0 aliphatic heterocycles. The number of nitrogens with zero attached hydrogens (tertiary/aromatic N) is 1. The molecule has 2 N–H and O–H groups in total. The van der Waals surface area contributed by atoms with Crippen molar-refractivity contribution < 1.29 is 18.0 Å². The molecule has 3 rings (SSSR count). The number of para-hydroxylation sites is 1. The van der Waals surface area contributed by atoms with Crippen molar-refractivity contribution in [1.82, 2.24) is 5.32 Å². The first-order chi connectivity index (χ1) is 15.7. The van der Waals surface area contributed by atoms with Gasteiger partial charge in [0.2, 0.25) is 15.9 Å². The second kappa shape index (κ2) is 11.1. The quantitative estimate of drug-likeness (QED) is 0.440. The monoisotopic (exact) mass is 529 g/mol. The molecule has 0 saturated carbocycles. The lowest BCUT2D eigenvalue weighted by Crippen LogP contribution is -2.37. The molecule has 0 aromatic heterocycles. The summed E-state index contributed by atoms with van der Waals surface area (Å²) in [7, 11) is -3.71. The third-order valence-electron chi connectivity index (χ3n) is 4.77. The van der Waals surface area contributed by atoms with E-state index in [9.17, 15) is 18.0 Å². The van der Waals surface area contributed by atoms with Crippen LogP contribution in [-0.2, 0) is 21.2 Å². The lowest BCUT2D eigenvalue weighted by Gasteiger charge is -2.22. The first-order valence-electron chi connectivity index (χ1n) is 10.2. The minimum absolute atomic E-state index is 0.298. The summed E-state index contributed by atoms with van der Waals surface area (Å²) >= 11 is 3.31. The SMILES string of the molecule is CS(=O)(=O)N(CC(=O)Nc1ccccc1C(=O)NCCc1ccccc1)c1cccc(Br)c1. The largest absolute Gasteiger partial charge is 0.352 e. The summed E-state index contributed by atoms with van der Waals surface area (Å²) < 4.78 is 26.3. The zero-order valence-electron chi connectivity index (χ0n) is 18.0. The van der Waals surface area contributed by atoms with Gasteiger partial charge >= 0.3 is 0 Å². The molecule has 3 aromatic rings. The van der Waals surface area contributed by atoms with Gasteiger partial charge in [-0.05, 0) is 42.3 Å². The molecule has 9 heteroatoms. The summed E-state index contributed by atoms with van der Waals surface area (Å²) in [5, 5.41) is 5.53. The van der Waals surface area contributed by atoms with Gasteiger partial charge in [-0.2, -0.15) is 0 Å². The minimum atomic E-state index is -3.71. The number of halogens is 1. The van der Waals surface area contributed by atoms with Gasteiger partial charge in [0.1, 0.15) is 6.54 Å². The van der Waals surface area contributed by atoms with Gasteiger partial charge in [0, 0.05) is 11.0 Å². The lowest BCUT2D eigenvalue weighted by molar-refractivity contribution is -0.114. The van der Waals surface area contributed by atoms with Crippen molar-refractivity contribution in [1.29, 1.82) is 0 Å². The van der Waals surface area contributed by atoms with Gasteiger partial charge in [0.15, 0.2) is 0 Å². The Bertz CT molecular complexity index is 1230. The highest BCUT2D eigenvalue weighted by molar-refractivity contribution is 9.10. The van der Waals surface area contributed by atoms with Crippen molar-refractivity contribution in [2.24, 2.45) is 0 Å². The van der Waals surface area contributed by atoms with Crippen molar-refractivity contribution in [3.05, 3.63) is 94.5 Å². The highest BCUT2D eigenvalue weighted by atomic mass is 79.9. The number of hydrogen-bond donors (Lipinski definition) is 2. The molecule has 0 spiro atoms. The predicted molar refractivity (Wildman–Crippen MR) is 134 cm³/mol. The van der Waals surface area contributed by atoms with E-state index in [4.69, 9.17) is 0 Å². The summed E-state index contributed by atoms with van der Waals surface area (Å²) in [6.45, 7) is 0.00904. The summed E-state index contributed by atoms with van der Waals surface area (Å²) in [5.74, 6) is -0.890. The van der Waals surface area contributed by atoms with E-state index in [0.717, 1.165) is 16.1 Å². The van der Waals surface area contributed by atoms with Crippen LogP contribution in [0.2, 0.25) is 0 Å². The van der Waals surface area contributed by atoms with Crippen molar-refractivity contribution in [3.8, 4) is 0 Å². The van der Waals surface area contributed by atoms with E-state index < -0.39 is 22.5 Å². The molecule has 172 valence electrons. The third-order valence-corrected chi connectivity index (χ3v) is 6.41. The van der Waals surface area contributed by atoms with E-state index in [0.29, 0.717) is 34.4 Å². The molecule has 3 aromatic carbocycles. The maximum Gasteiger partial charge on any atom is 0.253 e. The number of hydrogen-bond acceptors (Lipinski definition) is 4. The van der Waals surface area contributed by atoms with Gasteiger partial charge in [-0.15, -0.1) is 0 Å². The Morgan fingerprint density at radius 1 is 0.939 bits per heavy atom. The van der Waals surface area contributed by atoms with Crippen molar-refractivity contribution in [2.45, 2.75) is 6.42 Å². The molecule has 0 aliphatic rings. The van der Waals surface area contributed by atoms with Gasteiger partial charge in [-0.3, -0.25) is 13.9 Å². The smallest absolute Gasteiger partial charge is 0.253 e. The lowest BCUT2D eigenvalue weighted by atomic mass is 10.1. The Hall–Kier alpha value is -3.17. The molecule has 0 bridgehead atoms. The first-order valence-corrected chi connectivity index (χ1v) is 12.8. The molecule has 0 aliphatic carbocycles. The second-order valence-electron chi connectivity index (χ2n) is 7.33. The van der Waals surface area contributed by atoms with E-state index in [2.05, 4.69) is 26.6 Å². The van der Waals surface area contributed by atoms with E-state index in [1.807, 2.05) is 30.3 Å². The van der Waals surface area contributed by atoms with Gasteiger partial charge in [0.05, 0.1) is 23.2 Å². The number of nitrogens with one attached hydrogen (secondary N) is 2. The van der Waals surface area contributed by atoms with Crippen LogP contribution >= 0.6 is 15.9 Å². The second-order valence-corrected chi connectivity index (χ2v) is 10.2. The summed E-state index contributed by atoms with van der Waals surface area (Å²) in [4.78, 5) is 25.4. The standard InChI is InChI=1S/C24H24BrN3O4S/c1-33(31,32)28(20-11-7-10-19(25)16-20)17-23(29)27-22-13-6-5-12-21(22)24(30)26-15-14-18-8-3-2-4-9-18/h2-13,16H,14-15,17H2,1H3,(H,26,30)(H,27,29). The van der Waals surface area contributed by atoms with Crippen LogP contribution in [-0.4, -0.2) is 39.6 Å². The molecule has 33 heavy (non-hydrogen) atoms. The van der Waals surface area contributed by atoms with Gasteiger partial charge in [-0.25, -0.2) is 8.42 Å². The average molecular weight is 530 g/mol. The summed E-state index contributed by atoms with van der Waals surface area (Å²) in [6.07, 6.45) is 1.71. The Morgan fingerprint density at radius 3 is 2.33 bits per heavy atom. The number of carbonyl (C=O) groups excluding carboxylic acids is 2. The Labute approximate surface area is 202 Å². The fourth-order valence-electron chi connectivity index (χ4n) is 3.20. The maximum atomic E-state index is 12.7. The Kier molecular flexibility index (Phi) is 8.24. The van der Waals surface area contributed by atoms with Crippen LogP contribution in [0.15, 0.2) is 83.3 Å². The molecule has 0 heterocycles. The van der Waals surface area contributed by atoms with E-state index in [1.54, 1.807) is 48.5 Å². The predicted octanol–water partition coefficient (Wildman–Crippen LogP) is 3.83. The molecule has 7 nitrogen and oxygen atoms in total. The zero-order valence-corrected chi connectivity index (χ0v) is 20.4. The van der Waals surface area contributed by atoms with Gasteiger partial charge in [0.25, 0.3) is 5.91 Å². The van der Waals surface area contributed by atoms with Crippen molar-refractivity contribution in [3.63, 3.8) is 0 Å². The van der Waals surface area contributed by atoms with E-state index >= 15 is 0 Å². The number of benzene rings is 3. The highest BCUT2D eigenvalue weighted by Gasteiger charge is 2.22. The Morgan fingerprint density at radius 2 is 1.64 bits per heavy atom. The van der Waals surface area contributed by atoms with Crippen LogP contribution in [0.25, 0.3) is 0 Å². The topological polar surface area (TPSA) is 95.6 Å². The number of anilines is 2. The zero-order chi connectivity index (χ0) is 23.8. The normalized spacial score (nSPS) is 11.0. The highest BCUT2D eigenvalue weighted by Crippen LogP contribution is 2.22. The van der Waals surface area contributed by atoms with Crippen molar-refractivity contribution >= 4 is 49.1 Å². The Balaban J connectivity index is 1.68. The number of rotatable bonds is 9. The molecule has 0 atom stereocenters. The molecular formula is C24H24BrN3O4S. The van der Waals surface area contributed by atoms with Crippen LogP contribution in [0.4, 0.5) is 11.4 Å². The minimum Gasteiger partial charge on any atom is -0.352 e. The van der Waals surface area contributed by atoms with Gasteiger partial charge < -0.3 is 10.6 Å². The molecule has 0 unspecified atom stereocenters. The third kappa shape index (κ3) is 7.16.